The lowest BCUT2D eigenvalue weighted by molar-refractivity contribution is 1.05. The first-order valence-electron chi connectivity index (χ1n) is 7.45. The normalized spacial score (nSPS) is 22.8. The van der Waals surface area contributed by atoms with Crippen molar-refractivity contribution in [3.63, 3.8) is 0 Å². The van der Waals surface area contributed by atoms with Crippen LogP contribution >= 0.6 is 15.9 Å². The Morgan fingerprint density at radius 1 is 1.19 bits per heavy atom. The third kappa shape index (κ3) is 2.11. The molecule has 0 amide bonds. The van der Waals surface area contributed by atoms with Crippen LogP contribution in [-0.4, -0.2) is 0 Å². The van der Waals surface area contributed by atoms with Crippen molar-refractivity contribution in [2.24, 2.45) is 0 Å². The van der Waals surface area contributed by atoms with E-state index < -0.39 is 0 Å². The monoisotopic (exact) mass is 336 g/mol. The molecule has 0 nitrogen and oxygen atoms in total. The topological polar surface area (TPSA) is 0 Å². The predicted molar refractivity (Wildman–Crippen MR) is 93.3 cm³/mol. The van der Waals surface area contributed by atoms with E-state index in [1.54, 1.807) is 0 Å². The number of allylic oxidation sites excluding steroid dienone is 9. The van der Waals surface area contributed by atoms with Gasteiger partial charge in [0.1, 0.15) is 0 Å². The molecule has 0 N–H and O–H groups in total. The summed E-state index contributed by atoms with van der Waals surface area (Å²) in [5, 5.41) is 0. The second kappa shape index (κ2) is 4.99. The van der Waals surface area contributed by atoms with E-state index in [0.29, 0.717) is 4.83 Å². The SMILES string of the molecule is CC1=C(CC2=CC=CC2)C2=Cc3ccccc3C(Br)C2=C1. The molecule has 1 aromatic carbocycles. The molecule has 1 atom stereocenters. The van der Waals surface area contributed by atoms with Gasteiger partial charge in [-0.15, -0.1) is 0 Å². The molecule has 21 heavy (non-hydrogen) atoms. The van der Waals surface area contributed by atoms with E-state index in [0.717, 1.165) is 12.8 Å². The van der Waals surface area contributed by atoms with Crippen LogP contribution in [-0.2, 0) is 0 Å². The van der Waals surface area contributed by atoms with Crippen molar-refractivity contribution in [1.82, 2.24) is 0 Å². The van der Waals surface area contributed by atoms with Gasteiger partial charge < -0.3 is 0 Å². The fourth-order valence-electron chi connectivity index (χ4n) is 3.45. The first-order valence-corrected chi connectivity index (χ1v) is 8.37. The van der Waals surface area contributed by atoms with Gasteiger partial charge >= 0.3 is 0 Å². The van der Waals surface area contributed by atoms with E-state index in [9.17, 15) is 0 Å². The summed E-state index contributed by atoms with van der Waals surface area (Å²) in [5.41, 5.74) is 10.0. The third-order valence-electron chi connectivity index (χ3n) is 4.58. The van der Waals surface area contributed by atoms with Gasteiger partial charge in [0.2, 0.25) is 0 Å². The summed E-state index contributed by atoms with van der Waals surface area (Å²) in [4.78, 5) is 0.317. The Balaban J connectivity index is 1.76. The lowest BCUT2D eigenvalue weighted by Gasteiger charge is -2.24. The third-order valence-corrected chi connectivity index (χ3v) is 5.56. The molecule has 104 valence electrons. The van der Waals surface area contributed by atoms with Gasteiger partial charge in [-0.25, -0.2) is 0 Å². The standard InChI is InChI=1S/C20H17Br/c1-13-10-19-18(17(13)11-14-6-2-3-7-14)12-15-8-4-5-9-16(15)20(19)21/h2-6,8-10,12,20H,7,11H2,1H3. The average Bonchev–Trinajstić information content (AvgIpc) is 3.10. The van der Waals surface area contributed by atoms with E-state index in [2.05, 4.69) is 77.5 Å². The van der Waals surface area contributed by atoms with Gasteiger partial charge in [0.05, 0.1) is 4.83 Å². The van der Waals surface area contributed by atoms with Crippen molar-refractivity contribution >= 4 is 22.0 Å². The molecule has 0 fully saturated rings. The minimum absolute atomic E-state index is 0.317. The molecule has 0 aliphatic heterocycles. The molecule has 0 saturated heterocycles. The number of alkyl halides is 1. The molecule has 3 aliphatic carbocycles. The largest absolute Gasteiger partial charge is 0.0804 e. The fraction of sp³-hybridized carbons (Fsp3) is 0.200. The molecule has 0 bridgehead atoms. The summed E-state index contributed by atoms with van der Waals surface area (Å²) >= 11 is 3.90. The van der Waals surface area contributed by atoms with E-state index in [4.69, 9.17) is 0 Å². The average molecular weight is 337 g/mol. The Hall–Kier alpha value is -1.60. The molecule has 0 radical (unpaired) electrons. The van der Waals surface area contributed by atoms with Crippen LogP contribution < -0.4 is 0 Å². The highest BCUT2D eigenvalue weighted by Crippen LogP contribution is 2.49. The molecule has 1 heteroatoms. The molecule has 1 aromatic rings. The van der Waals surface area contributed by atoms with Gasteiger partial charge in [-0.2, -0.15) is 0 Å². The van der Waals surface area contributed by atoms with Crippen LogP contribution in [0.25, 0.3) is 6.08 Å². The highest BCUT2D eigenvalue weighted by atomic mass is 79.9. The van der Waals surface area contributed by atoms with E-state index in [1.807, 2.05) is 0 Å². The lowest BCUT2D eigenvalue weighted by atomic mass is 9.85. The van der Waals surface area contributed by atoms with E-state index in [1.165, 1.54) is 39.0 Å². The van der Waals surface area contributed by atoms with E-state index in [-0.39, 0.29) is 0 Å². The minimum atomic E-state index is 0.317. The number of benzene rings is 1. The van der Waals surface area contributed by atoms with Gasteiger partial charge in [0.25, 0.3) is 0 Å². The summed E-state index contributed by atoms with van der Waals surface area (Å²) in [6.45, 7) is 2.24. The Labute approximate surface area is 134 Å². The molecule has 0 spiro atoms. The first-order chi connectivity index (χ1) is 10.2. The van der Waals surface area contributed by atoms with Crippen LogP contribution in [0.2, 0.25) is 0 Å². The van der Waals surface area contributed by atoms with Crippen LogP contribution in [0.4, 0.5) is 0 Å². The maximum absolute atomic E-state index is 3.90. The van der Waals surface area contributed by atoms with Gasteiger partial charge in [-0.3, -0.25) is 0 Å². The van der Waals surface area contributed by atoms with Crippen molar-refractivity contribution in [3.05, 3.63) is 87.6 Å². The molecule has 3 aliphatic rings. The molecular formula is C20H17Br. The summed E-state index contributed by atoms with van der Waals surface area (Å²) < 4.78 is 0. The van der Waals surface area contributed by atoms with Crippen LogP contribution in [0.5, 0.6) is 0 Å². The number of halogens is 1. The Bertz CT molecular complexity index is 769. The van der Waals surface area contributed by atoms with Crippen molar-refractivity contribution < 1.29 is 0 Å². The Morgan fingerprint density at radius 2 is 2.05 bits per heavy atom. The van der Waals surface area contributed by atoms with Crippen molar-refractivity contribution in [2.45, 2.75) is 24.6 Å². The van der Waals surface area contributed by atoms with Crippen LogP contribution in [0.1, 0.15) is 35.7 Å². The quantitative estimate of drug-likeness (QED) is 0.576. The van der Waals surface area contributed by atoms with Gasteiger partial charge in [-0.1, -0.05) is 70.1 Å². The Kier molecular flexibility index (Phi) is 3.11. The van der Waals surface area contributed by atoms with Crippen LogP contribution in [0.15, 0.2) is 76.4 Å². The van der Waals surface area contributed by atoms with Gasteiger partial charge in [0, 0.05) is 0 Å². The van der Waals surface area contributed by atoms with Crippen LogP contribution in [0.3, 0.4) is 0 Å². The number of rotatable bonds is 2. The minimum Gasteiger partial charge on any atom is -0.0804 e. The Morgan fingerprint density at radius 3 is 2.86 bits per heavy atom. The predicted octanol–water partition coefficient (Wildman–Crippen LogP) is 6.05. The molecule has 0 heterocycles. The van der Waals surface area contributed by atoms with Crippen molar-refractivity contribution in [2.75, 3.05) is 0 Å². The number of hydrogen-bond acceptors (Lipinski definition) is 0. The van der Waals surface area contributed by atoms with Crippen molar-refractivity contribution in [1.29, 1.82) is 0 Å². The maximum atomic E-state index is 3.90. The molecule has 0 saturated carbocycles. The summed E-state index contributed by atoms with van der Waals surface area (Å²) in [6.07, 6.45) is 13.6. The number of fused-ring (bicyclic) bond motifs is 2. The van der Waals surface area contributed by atoms with Crippen LogP contribution in [0, 0.1) is 0 Å². The molecule has 4 rings (SSSR count). The van der Waals surface area contributed by atoms with E-state index >= 15 is 0 Å². The zero-order valence-electron chi connectivity index (χ0n) is 12.1. The molecule has 0 aromatic heterocycles. The van der Waals surface area contributed by atoms with Gasteiger partial charge in [-0.05, 0) is 59.3 Å². The fourth-order valence-corrected chi connectivity index (χ4v) is 4.24. The zero-order chi connectivity index (χ0) is 14.4. The summed E-state index contributed by atoms with van der Waals surface area (Å²) in [6, 6.07) is 8.69. The summed E-state index contributed by atoms with van der Waals surface area (Å²) in [7, 11) is 0. The molecular weight excluding hydrogens is 320 g/mol. The first kappa shape index (κ1) is 13.1. The number of hydrogen-bond donors (Lipinski definition) is 0. The highest BCUT2D eigenvalue weighted by Gasteiger charge is 2.30. The second-order valence-corrected chi connectivity index (χ2v) is 6.86. The molecule has 1 unspecified atom stereocenters. The van der Waals surface area contributed by atoms with Crippen molar-refractivity contribution in [3.8, 4) is 0 Å². The zero-order valence-corrected chi connectivity index (χ0v) is 13.7. The summed E-state index contributed by atoms with van der Waals surface area (Å²) in [5.74, 6) is 0. The second-order valence-electron chi connectivity index (χ2n) is 5.94. The lowest BCUT2D eigenvalue weighted by Crippen LogP contribution is -2.05. The highest BCUT2D eigenvalue weighted by molar-refractivity contribution is 9.09. The van der Waals surface area contributed by atoms with Gasteiger partial charge in [0.15, 0.2) is 0 Å². The maximum Gasteiger partial charge on any atom is 0.0656 e. The smallest absolute Gasteiger partial charge is 0.0656 e.